The Labute approximate surface area is 108 Å². The van der Waals surface area contributed by atoms with Gasteiger partial charge in [-0.05, 0) is 44.7 Å². The van der Waals surface area contributed by atoms with Gasteiger partial charge in [0, 0.05) is 18.6 Å². The first-order chi connectivity index (χ1) is 8.19. The molecule has 2 heteroatoms. The topological polar surface area (TPSA) is 15.3 Å². The van der Waals surface area contributed by atoms with Gasteiger partial charge >= 0.3 is 0 Å². The smallest absolute Gasteiger partial charge is 0.0220 e. The molecule has 0 aromatic rings. The lowest BCUT2D eigenvalue weighted by Crippen LogP contribution is -2.44. The lowest BCUT2D eigenvalue weighted by molar-refractivity contribution is 0.173. The molecule has 17 heavy (non-hydrogen) atoms. The minimum atomic E-state index is 0.757. The molecule has 1 saturated carbocycles. The highest BCUT2D eigenvalue weighted by atomic mass is 15.2. The zero-order valence-corrected chi connectivity index (χ0v) is 12.3. The third-order valence-corrected chi connectivity index (χ3v) is 3.66. The van der Waals surface area contributed by atoms with E-state index in [1.807, 2.05) is 0 Å². The van der Waals surface area contributed by atoms with E-state index in [1.54, 1.807) is 0 Å². The van der Waals surface area contributed by atoms with E-state index >= 15 is 0 Å². The zero-order valence-electron chi connectivity index (χ0n) is 12.3. The maximum absolute atomic E-state index is 3.63. The highest BCUT2D eigenvalue weighted by molar-refractivity contribution is 4.89. The molecule has 0 saturated heterocycles. The van der Waals surface area contributed by atoms with Gasteiger partial charge in [0.25, 0.3) is 0 Å². The van der Waals surface area contributed by atoms with Crippen LogP contribution in [0, 0.1) is 5.92 Å². The van der Waals surface area contributed by atoms with Crippen LogP contribution in [0.3, 0.4) is 0 Å². The second kappa shape index (κ2) is 8.10. The van der Waals surface area contributed by atoms with E-state index in [0.717, 1.165) is 24.5 Å². The highest BCUT2D eigenvalue weighted by Crippen LogP contribution is 2.29. The summed E-state index contributed by atoms with van der Waals surface area (Å²) < 4.78 is 0. The molecule has 0 bridgehead atoms. The van der Waals surface area contributed by atoms with Crippen LogP contribution in [0.4, 0.5) is 0 Å². The summed E-state index contributed by atoms with van der Waals surface area (Å²) in [6.45, 7) is 12.8. The third-order valence-electron chi connectivity index (χ3n) is 3.66. The van der Waals surface area contributed by atoms with Crippen molar-refractivity contribution in [2.75, 3.05) is 19.6 Å². The van der Waals surface area contributed by atoms with Crippen molar-refractivity contribution in [1.29, 1.82) is 0 Å². The van der Waals surface area contributed by atoms with Crippen LogP contribution >= 0.6 is 0 Å². The summed E-state index contributed by atoms with van der Waals surface area (Å²) in [6.07, 6.45) is 6.83. The van der Waals surface area contributed by atoms with E-state index in [-0.39, 0.29) is 0 Å². The van der Waals surface area contributed by atoms with Gasteiger partial charge < -0.3 is 5.32 Å². The average Bonchev–Trinajstić information content (AvgIpc) is 3.10. The SMILES string of the molecule is CCCCN(C1CC1)C(CC)CNCC(C)C. The molecule has 1 N–H and O–H groups in total. The van der Waals surface area contributed by atoms with Crippen LogP contribution in [-0.2, 0) is 0 Å². The Hall–Kier alpha value is -0.0800. The molecular weight excluding hydrogens is 208 g/mol. The minimum absolute atomic E-state index is 0.757. The van der Waals surface area contributed by atoms with Crippen molar-refractivity contribution < 1.29 is 0 Å². The molecule has 102 valence electrons. The molecule has 0 aromatic carbocycles. The summed E-state index contributed by atoms with van der Waals surface area (Å²) in [7, 11) is 0. The number of nitrogens with one attached hydrogen (secondary N) is 1. The molecule has 0 radical (unpaired) electrons. The second-order valence-electron chi connectivity index (χ2n) is 5.94. The number of hydrogen-bond acceptors (Lipinski definition) is 2. The number of nitrogens with zero attached hydrogens (tertiary/aromatic N) is 1. The van der Waals surface area contributed by atoms with Crippen molar-refractivity contribution in [3.8, 4) is 0 Å². The van der Waals surface area contributed by atoms with E-state index in [4.69, 9.17) is 0 Å². The molecule has 1 aliphatic carbocycles. The van der Waals surface area contributed by atoms with Crippen molar-refractivity contribution in [3.05, 3.63) is 0 Å². The summed E-state index contributed by atoms with van der Waals surface area (Å²) in [5.41, 5.74) is 0. The fraction of sp³-hybridized carbons (Fsp3) is 1.00. The predicted molar refractivity (Wildman–Crippen MR) is 76.4 cm³/mol. The fourth-order valence-corrected chi connectivity index (χ4v) is 2.44. The van der Waals surface area contributed by atoms with Crippen molar-refractivity contribution in [1.82, 2.24) is 10.2 Å². The fourth-order valence-electron chi connectivity index (χ4n) is 2.44. The Morgan fingerprint density at radius 1 is 1.18 bits per heavy atom. The molecule has 0 aromatic heterocycles. The maximum atomic E-state index is 3.63. The normalized spacial score (nSPS) is 18.0. The van der Waals surface area contributed by atoms with Gasteiger partial charge in [-0.25, -0.2) is 0 Å². The molecule has 1 atom stereocenters. The van der Waals surface area contributed by atoms with Crippen LogP contribution in [0.2, 0.25) is 0 Å². The van der Waals surface area contributed by atoms with Crippen LogP contribution in [0.15, 0.2) is 0 Å². The first kappa shape index (κ1) is 15.0. The molecule has 0 spiro atoms. The molecule has 0 aliphatic heterocycles. The number of unbranched alkanes of at least 4 members (excludes halogenated alkanes) is 1. The summed E-state index contributed by atoms with van der Waals surface area (Å²) >= 11 is 0. The molecule has 2 nitrogen and oxygen atoms in total. The van der Waals surface area contributed by atoms with E-state index in [0.29, 0.717) is 0 Å². The van der Waals surface area contributed by atoms with Crippen LogP contribution < -0.4 is 5.32 Å². The van der Waals surface area contributed by atoms with Gasteiger partial charge in [-0.15, -0.1) is 0 Å². The molecule has 0 amide bonds. The monoisotopic (exact) mass is 240 g/mol. The van der Waals surface area contributed by atoms with Crippen molar-refractivity contribution in [3.63, 3.8) is 0 Å². The van der Waals surface area contributed by atoms with Gasteiger partial charge in [-0.1, -0.05) is 34.1 Å². The Morgan fingerprint density at radius 2 is 1.88 bits per heavy atom. The van der Waals surface area contributed by atoms with Gasteiger partial charge in [0.2, 0.25) is 0 Å². The Balaban J connectivity index is 2.32. The Morgan fingerprint density at radius 3 is 2.35 bits per heavy atom. The van der Waals surface area contributed by atoms with Gasteiger partial charge in [0.1, 0.15) is 0 Å². The van der Waals surface area contributed by atoms with Crippen LogP contribution in [0.1, 0.15) is 59.8 Å². The van der Waals surface area contributed by atoms with Gasteiger partial charge in [-0.2, -0.15) is 0 Å². The predicted octanol–water partition coefficient (Wildman–Crippen LogP) is 3.28. The molecule has 1 aliphatic rings. The van der Waals surface area contributed by atoms with Crippen molar-refractivity contribution in [2.24, 2.45) is 5.92 Å². The van der Waals surface area contributed by atoms with Crippen molar-refractivity contribution in [2.45, 2.75) is 71.9 Å². The summed E-state index contributed by atoms with van der Waals surface area (Å²) in [4.78, 5) is 2.77. The van der Waals surface area contributed by atoms with E-state index in [2.05, 4.69) is 37.9 Å². The standard InChI is InChI=1S/C15H32N2/c1-5-7-10-17(15-8-9-15)14(6-2)12-16-11-13(3)4/h13-16H,5-12H2,1-4H3. The number of hydrogen-bond donors (Lipinski definition) is 1. The molecule has 1 unspecified atom stereocenters. The number of rotatable bonds is 10. The van der Waals surface area contributed by atoms with E-state index in [9.17, 15) is 0 Å². The van der Waals surface area contributed by atoms with E-state index < -0.39 is 0 Å². The molecule has 0 heterocycles. The summed E-state index contributed by atoms with van der Waals surface area (Å²) in [6, 6.07) is 1.67. The van der Waals surface area contributed by atoms with Crippen LogP contribution in [0.25, 0.3) is 0 Å². The largest absolute Gasteiger partial charge is 0.315 e. The molecular formula is C15H32N2. The molecule has 1 rings (SSSR count). The Kier molecular flexibility index (Phi) is 7.14. The quantitative estimate of drug-likeness (QED) is 0.630. The second-order valence-corrected chi connectivity index (χ2v) is 5.94. The molecule has 1 fully saturated rings. The maximum Gasteiger partial charge on any atom is 0.0220 e. The third kappa shape index (κ3) is 5.87. The van der Waals surface area contributed by atoms with Gasteiger partial charge in [0.05, 0.1) is 0 Å². The lowest BCUT2D eigenvalue weighted by Gasteiger charge is -2.31. The van der Waals surface area contributed by atoms with E-state index in [1.165, 1.54) is 45.2 Å². The van der Waals surface area contributed by atoms with Gasteiger partial charge in [0.15, 0.2) is 0 Å². The first-order valence-corrected chi connectivity index (χ1v) is 7.65. The van der Waals surface area contributed by atoms with Crippen molar-refractivity contribution >= 4 is 0 Å². The lowest BCUT2D eigenvalue weighted by atomic mass is 10.1. The zero-order chi connectivity index (χ0) is 12.7. The summed E-state index contributed by atoms with van der Waals surface area (Å²) in [5.74, 6) is 0.762. The van der Waals surface area contributed by atoms with Crippen LogP contribution in [-0.4, -0.2) is 36.6 Å². The highest BCUT2D eigenvalue weighted by Gasteiger charge is 2.32. The van der Waals surface area contributed by atoms with Crippen LogP contribution in [0.5, 0.6) is 0 Å². The summed E-state index contributed by atoms with van der Waals surface area (Å²) in [5, 5.41) is 3.63. The minimum Gasteiger partial charge on any atom is -0.315 e. The first-order valence-electron chi connectivity index (χ1n) is 7.65. The Bertz CT molecular complexity index is 187. The van der Waals surface area contributed by atoms with Gasteiger partial charge in [-0.3, -0.25) is 4.90 Å². The average molecular weight is 240 g/mol.